The number of piperidine rings is 1. The zero-order valence-corrected chi connectivity index (χ0v) is 12.6. The Balaban J connectivity index is 1.98. The number of amides is 1. The van der Waals surface area contributed by atoms with E-state index in [1.54, 1.807) is 0 Å². The summed E-state index contributed by atoms with van der Waals surface area (Å²) in [5.41, 5.74) is 0. The number of likely N-dealkylation sites (tertiary alicyclic amines) is 1. The second kappa shape index (κ2) is 5.79. The fourth-order valence-corrected chi connectivity index (χ4v) is 4.47. The molecule has 0 radical (unpaired) electrons. The second-order valence-corrected chi connectivity index (χ2v) is 8.23. The summed E-state index contributed by atoms with van der Waals surface area (Å²) in [4.78, 5) is 14.4. The van der Waals surface area contributed by atoms with E-state index in [1.165, 1.54) is 0 Å². The van der Waals surface area contributed by atoms with Crippen LogP contribution in [0.5, 0.6) is 0 Å². The molecule has 5 nitrogen and oxygen atoms in total. The largest absolute Gasteiger partial charge is 0.338 e. The number of nitrogens with zero attached hydrogens (tertiary/aromatic N) is 1. The van der Waals surface area contributed by atoms with Crippen LogP contribution in [0.25, 0.3) is 0 Å². The zero-order valence-electron chi connectivity index (χ0n) is 11.8. The molecule has 2 saturated heterocycles. The Morgan fingerprint density at radius 3 is 2.42 bits per heavy atom. The van der Waals surface area contributed by atoms with Crippen LogP contribution in [0.1, 0.15) is 39.5 Å². The maximum absolute atomic E-state index is 12.4. The molecule has 2 heterocycles. The lowest BCUT2D eigenvalue weighted by Crippen LogP contribution is -2.56. The molecule has 0 aromatic heterocycles. The van der Waals surface area contributed by atoms with Gasteiger partial charge in [-0.3, -0.25) is 4.79 Å². The van der Waals surface area contributed by atoms with Crippen molar-refractivity contribution in [2.75, 3.05) is 18.1 Å². The molecule has 1 atom stereocenters. The van der Waals surface area contributed by atoms with Crippen LogP contribution in [0.15, 0.2) is 0 Å². The first kappa shape index (κ1) is 14.8. The molecule has 1 unspecified atom stereocenters. The minimum atomic E-state index is -2.86. The van der Waals surface area contributed by atoms with Gasteiger partial charge < -0.3 is 10.2 Å². The van der Waals surface area contributed by atoms with Crippen molar-refractivity contribution in [3.8, 4) is 0 Å². The van der Waals surface area contributed by atoms with Gasteiger partial charge in [-0.25, -0.2) is 8.42 Å². The van der Waals surface area contributed by atoms with Crippen molar-refractivity contribution in [2.24, 2.45) is 0 Å². The van der Waals surface area contributed by atoms with Crippen LogP contribution in [0.4, 0.5) is 0 Å². The molecule has 19 heavy (non-hydrogen) atoms. The van der Waals surface area contributed by atoms with Crippen molar-refractivity contribution < 1.29 is 13.2 Å². The first-order chi connectivity index (χ1) is 8.89. The van der Waals surface area contributed by atoms with Gasteiger partial charge in [-0.05, 0) is 25.7 Å². The van der Waals surface area contributed by atoms with Gasteiger partial charge in [0, 0.05) is 18.6 Å². The molecule has 6 heteroatoms. The molecular weight excluding hydrogens is 264 g/mol. The summed E-state index contributed by atoms with van der Waals surface area (Å²) in [5.74, 6) is 0.609. The molecule has 2 aliphatic heterocycles. The third-order valence-corrected chi connectivity index (χ3v) is 5.69. The highest BCUT2D eigenvalue weighted by molar-refractivity contribution is 7.91. The highest BCUT2D eigenvalue weighted by Gasteiger charge is 2.35. The van der Waals surface area contributed by atoms with Gasteiger partial charge in [0.2, 0.25) is 5.91 Å². The molecule has 0 aliphatic carbocycles. The number of sulfone groups is 1. The lowest BCUT2D eigenvalue weighted by atomic mass is 9.99. The number of carbonyl (C=O) groups is 1. The van der Waals surface area contributed by atoms with Crippen molar-refractivity contribution >= 4 is 15.7 Å². The Bertz CT molecular complexity index is 419. The first-order valence-electron chi connectivity index (χ1n) is 7.16. The predicted molar refractivity (Wildman–Crippen MR) is 74.7 cm³/mol. The summed E-state index contributed by atoms with van der Waals surface area (Å²) < 4.78 is 22.9. The van der Waals surface area contributed by atoms with Gasteiger partial charge in [0.1, 0.15) is 9.84 Å². The number of hydrogen-bond acceptors (Lipinski definition) is 4. The smallest absolute Gasteiger partial charge is 0.239 e. The summed E-state index contributed by atoms with van der Waals surface area (Å²) in [7, 11) is -2.86. The Morgan fingerprint density at radius 1 is 1.21 bits per heavy atom. The number of rotatable bonds is 3. The van der Waals surface area contributed by atoms with Crippen LogP contribution in [-0.2, 0) is 14.6 Å². The summed E-state index contributed by atoms with van der Waals surface area (Å²) in [5, 5.41) is 3.31. The summed E-state index contributed by atoms with van der Waals surface area (Å²) in [6.07, 6.45) is 3.09. The maximum Gasteiger partial charge on any atom is 0.239 e. The third kappa shape index (κ3) is 3.69. The van der Waals surface area contributed by atoms with Crippen LogP contribution in [0.2, 0.25) is 0 Å². The van der Waals surface area contributed by atoms with Crippen LogP contribution in [0, 0.1) is 0 Å². The van der Waals surface area contributed by atoms with Crippen molar-refractivity contribution in [3.63, 3.8) is 0 Å². The average Bonchev–Trinajstić information content (AvgIpc) is 2.32. The average molecular weight is 288 g/mol. The van der Waals surface area contributed by atoms with E-state index in [4.69, 9.17) is 0 Å². The monoisotopic (exact) mass is 288 g/mol. The highest BCUT2D eigenvalue weighted by Crippen LogP contribution is 2.23. The highest BCUT2D eigenvalue weighted by atomic mass is 32.2. The first-order valence-corrected chi connectivity index (χ1v) is 8.98. The van der Waals surface area contributed by atoms with Crippen molar-refractivity contribution in [2.45, 2.75) is 57.7 Å². The van der Waals surface area contributed by atoms with Crippen LogP contribution in [0.3, 0.4) is 0 Å². The van der Waals surface area contributed by atoms with Gasteiger partial charge in [-0.15, -0.1) is 0 Å². The van der Waals surface area contributed by atoms with Crippen molar-refractivity contribution in [1.82, 2.24) is 10.2 Å². The normalized spacial score (nSPS) is 28.9. The Kier molecular flexibility index (Phi) is 4.50. The van der Waals surface area contributed by atoms with Gasteiger partial charge in [0.25, 0.3) is 0 Å². The summed E-state index contributed by atoms with van der Waals surface area (Å²) in [6, 6.07) is 0.320. The quantitative estimate of drug-likeness (QED) is 0.824. The van der Waals surface area contributed by atoms with E-state index in [1.807, 2.05) is 18.7 Å². The lowest BCUT2D eigenvalue weighted by molar-refractivity contribution is -0.139. The van der Waals surface area contributed by atoms with Crippen molar-refractivity contribution in [3.05, 3.63) is 0 Å². The molecular formula is C13H24N2O3S. The Hall–Kier alpha value is -0.620. The minimum Gasteiger partial charge on any atom is -0.338 e. The minimum absolute atomic E-state index is 0.0905. The number of nitrogens with one attached hydrogen (secondary N) is 1. The van der Waals surface area contributed by atoms with E-state index in [-0.39, 0.29) is 29.5 Å². The number of carbonyl (C=O) groups excluding carboxylic acids is 1. The second-order valence-electron chi connectivity index (χ2n) is 5.93. The van der Waals surface area contributed by atoms with Crippen LogP contribution in [-0.4, -0.2) is 55.4 Å². The van der Waals surface area contributed by atoms with E-state index in [0.29, 0.717) is 18.9 Å². The van der Waals surface area contributed by atoms with E-state index in [9.17, 15) is 13.2 Å². The molecule has 0 saturated carbocycles. The number of hydrogen-bond donors (Lipinski definition) is 1. The fraction of sp³-hybridized carbons (Fsp3) is 0.923. The third-order valence-electron chi connectivity index (χ3n) is 3.97. The van der Waals surface area contributed by atoms with Gasteiger partial charge in [0.15, 0.2) is 0 Å². The van der Waals surface area contributed by atoms with E-state index in [2.05, 4.69) is 5.32 Å². The SMILES string of the molecule is CC(C)NC1CCCN(C2CCS(=O)(=O)CC2)C1=O. The van der Waals surface area contributed by atoms with Gasteiger partial charge in [-0.1, -0.05) is 13.8 Å². The molecule has 0 bridgehead atoms. The molecule has 2 rings (SSSR count). The molecule has 1 N–H and O–H groups in total. The topological polar surface area (TPSA) is 66.5 Å². The van der Waals surface area contributed by atoms with Crippen LogP contribution < -0.4 is 5.32 Å². The fourth-order valence-electron chi connectivity index (χ4n) is 3.01. The Morgan fingerprint density at radius 2 is 1.84 bits per heavy atom. The molecule has 2 aliphatic rings. The van der Waals surface area contributed by atoms with E-state index < -0.39 is 9.84 Å². The molecule has 0 aromatic carbocycles. The van der Waals surface area contributed by atoms with Crippen LogP contribution >= 0.6 is 0 Å². The molecule has 1 amide bonds. The van der Waals surface area contributed by atoms with Crippen molar-refractivity contribution in [1.29, 1.82) is 0 Å². The summed E-state index contributed by atoms with van der Waals surface area (Å²) >= 11 is 0. The van der Waals surface area contributed by atoms with E-state index >= 15 is 0 Å². The zero-order chi connectivity index (χ0) is 14.0. The Labute approximate surface area is 115 Å². The van der Waals surface area contributed by atoms with Gasteiger partial charge in [-0.2, -0.15) is 0 Å². The predicted octanol–water partition coefficient (Wildman–Crippen LogP) is 0.553. The molecule has 110 valence electrons. The molecule has 2 fully saturated rings. The maximum atomic E-state index is 12.4. The molecule has 0 spiro atoms. The van der Waals surface area contributed by atoms with Gasteiger partial charge in [0.05, 0.1) is 17.5 Å². The van der Waals surface area contributed by atoms with Gasteiger partial charge >= 0.3 is 0 Å². The standard InChI is InChI=1S/C13H24N2O3S/c1-10(2)14-12-4-3-7-15(13(12)16)11-5-8-19(17,18)9-6-11/h10-12,14H,3-9H2,1-2H3. The molecule has 0 aromatic rings. The van der Waals surface area contributed by atoms with E-state index in [0.717, 1.165) is 19.4 Å². The summed E-state index contributed by atoms with van der Waals surface area (Å²) in [6.45, 7) is 4.86. The lowest BCUT2D eigenvalue weighted by Gasteiger charge is -2.40.